The molecule has 9 rings (SSSR count). The van der Waals surface area contributed by atoms with Crippen molar-refractivity contribution in [3.63, 3.8) is 0 Å². The molecular weight excluding hydrogens is 607 g/mol. The Morgan fingerprint density at radius 2 is 0.780 bits per heavy atom. The van der Waals surface area contributed by atoms with E-state index in [1.54, 1.807) is 0 Å². The first-order valence-electron chi connectivity index (χ1n) is 17.0. The third-order valence-corrected chi connectivity index (χ3v) is 9.48. The van der Waals surface area contributed by atoms with Gasteiger partial charge in [0.2, 0.25) is 0 Å². The lowest BCUT2D eigenvalue weighted by molar-refractivity contribution is 0.670. The largest absolute Gasteiger partial charge is 0.455 e. The molecule has 0 saturated carbocycles. The smallest absolute Gasteiger partial charge is 0.143 e. The van der Waals surface area contributed by atoms with Crippen molar-refractivity contribution in [2.24, 2.45) is 0 Å². The summed E-state index contributed by atoms with van der Waals surface area (Å²) in [5.41, 5.74) is 14.4. The maximum Gasteiger partial charge on any atom is 0.143 e. The number of rotatable bonds is 7. The van der Waals surface area contributed by atoms with Gasteiger partial charge < -0.3 is 9.32 Å². The zero-order valence-electron chi connectivity index (χ0n) is 27.4. The van der Waals surface area contributed by atoms with Crippen LogP contribution in [0.2, 0.25) is 0 Å². The van der Waals surface area contributed by atoms with E-state index >= 15 is 0 Å². The summed E-state index contributed by atoms with van der Waals surface area (Å²) < 4.78 is 6.44. The zero-order valence-corrected chi connectivity index (χ0v) is 27.4. The van der Waals surface area contributed by atoms with E-state index in [0.29, 0.717) is 0 Å². The van der Waals surface area contributed by atoms with Gasteiger partial charge in [0.1, 0.15) is 11.2 Å². The van der Waals surface area contributed by atoms with Gasteiger partial charge in [-0.15, -0.1) is 0 Å². The standard InChI is InChI=1S/C48H33NO/c1-3-12-34(13-4-1)36-24-28-41(29-25-36)49(42-30-26-37(27-31-42)39-17-9-16-38(32-39)35-14-5-2-6-15-35)43-19-10-18-40(33-43)44-21-11-22-46-45-20-7-8-23-47(45)50-48(44)46/h1-33H. The van der Waals surface area contributed by atoms with Crippen molar-refractivity contribution in [1.82, 2.24) is 0 Å². The number of nitrogens with zero attached hydrogens (tertiary/aromatic N) is 1. The van der Waals surface area contributed by atoms with Gasteiger partial charge in [-0.3, -0.25) is 0 Å². The average Bonchev–Trinajstić information content (AvgIpc) is 3.59. The Morgan fingerprint density at radius 1 is 0.300 bits per heavy atom. The van der Waals surface area contributed by atoms with E-state index in [2.05, 4.69) is 193 Å². The van der Waals surface area contributed by atoms with Gasteiger partial charge in [-0.1, -0.05) is 152 Å². The monoisotopic (exact) mass is 639 g/mol. The van der Waals surface area contributed by atoms with E-state index in [1.807, 2.05) is 12.1 Å². The third kappa shape index (κ3) is 5.53. The van der Waals surface area contributed by atoms with Crippen molar-refractivity contribution in [3.05, 3.63) is 200 Å². The van der Waals surface area contributed by atoms with Gasteiger partial charge in [0.05, 0.1) is 0 Å². The summed E-state index contributed by atoms with van der Waals surface area (Å²) in [4.78, 5) is 2.33. The van der Waals surface area contributed by atoms with Crippen molar-refractivity contribution in [2.75, 3.05) is 4.90 Å². The van der Waals surface area contributed by atoms with Gasteiger partial charge >= 0.3 is 0 Å². The van der Waals surface area contributed by atoms with Crippen LogP contribution in [0.25, 0.3) is 66.4 Å². The Labute approximate surface area is 292 Å². The maximum atomic E-state index is 6.44. The zero-order chi connectivity index (χ0) is 33.3. The second kappa shape index (κ2) is 12.8. The fraction of sp³-hybridized carbons (Fsp3) is 0. The van der Waals surface area contributed by atoms with Crippen molar-refractivity contribution >= 4 is 39.0 Å². The third-order valence-electron chi connectivity index (χ3n) is 9.48. The van der Waals surface area contributed by atoms with Crippen LogP contribution in [0, 0.1) is 0 Å². The fourth-order valence-electron chi connectivity index (χ4n) is 6.98. The molecule has 236 valence electrons. The first kappa shape index (κ1) is 29.5. The van der Waals surface area contributed by atoms with Gasteiger partial charge in [0, 0.05) is 33.4 Å². The Balaban J connectivity index is 1.13. The molecule has 0 saturated heterocycles. The molecule has 1 aromatic heterocycles. The molecule has 0 radical (unpaired) electrons. The number of hydrogen-bond acceptors (Lipinski definition) is 2. The predicted octanol–water partition coefficient (Wildman–Crippen LogP) is 13.7. The fourth-order valence-corrected chi connectivity index (χ4v) is 6.98. The lowest BCUT2D eigenvalue weighted by atomic mass is 9.98. The summed E-state index contributed by atoms with van der Waals surface area (Å²) in [5, 5.41) is 2.26. The highest BCUT2D eigenvalue weighted by Gasteiger charge is 2.17. The highest BCUT2D eigenvalue weighted by atomic mass is 16.3. The lowest BCUT2D eigenvalue weighted by Gasteiger charge is -2.26. The molecule has 0 amide bonds. The number of benzene rings is 8. The van der Waals surface area contributed by atoms with Gasteiger partial charge in [-0.2, -0.15) is 0 Å². The first-order valence-corrected chi connectivity index (χ1v) is 17.0. The highest BCUT2D eigenvalue weighted by Crippen LogP contribution is 2.41. The van der Waals surface area contributed by atoms with Crippen LogP contribution in [-0.4, -0.2) is 0 Å². The molecule has 0 N–H and O–H groups in total. The van der Waals surface area contributed by atoms with Crippen LogP contribution in [0.1, 0.15) is 0 Å². The van der Waals surface area contributed by atoms with E-state index in [-0.39, 0.29) is 0 Å². The SMILES string of the molecule is c1ccc(-c2ccc(N(c3ccc(-c4cccc(-c5ccccc5)c4)cc3)c3cccc(-c4cccc5c4oc4ccccc45)c3)cc2)cc1. The number of hydrogen-bond donors (Lipinski definition) is 0. The summed E-state index contributed by atoms with van der Waals surface area (Å²) in [7, 11) is 0. The van der Waals surface area contributed by atoms with Crippen molar-refractivity contribution < 1.29 is 4.42 Å². The van der Waals surface area contributed by atoms with Crippen LogP contribution in [0.15, 0.2) is 205 Å². The van der Waals surface area contributed by atoms with Crippen LogP contribution in [-0.2, 0) is 0 Å². The van der Waals surface area contributed by atoms with Crippen LogP contribution in [0.4, 0.5) is 17.1 Å². The normalized spacial score (nSPS) is 11.2. The Kier molecular flexibility index (Phi) is 7.53. The van der Waals surface area contributed by atoms with Crippen molar-refractivity contribution in [1.29, 1.82) is 0 Å². The Hall–Kier alpha value is -6.64. The van der Waals surface area contributed by atoms with Gasteiger partial charge in [0.25, 0.3) is 0 Å². The van der Waals surface area contributed by atoms with Gasteiger partial charge in [-0.25, -0.2) is 0 Å². The van der Waals surface area contributed by atoms with Gasteiger partial charge in [0.15, 0.2) is 0 Å². The minimum Gasteiger partial charge on any atom is -0.455 e. The molecule has 0 fully saturated rings. The molecule has 0 bridgehead atoms. The molecule has 0 aliphatic rings. The average molecular weight is 640 g/mol. The van der Waals surface area contributed by atoms with E-state index in [0.717, 1.165) is 50.1 Å². The van der Waals surface area contributed by atoms with E-state index in [1.165, 1.54) is 33.4 Å². The molecule has 0 spiro atoms. The summed E-state index contributed by atoms with van der Waals surface area (Å²) in [6, 6.07) is 71.0. The van der Waals surface area contributed by atoms with E-state index < -0.39 is 0 Å². The second-order valence-electron chi connectivity index (χ2n) is 12.6. The molecule has 0 unspecified atom stereocenters. The van der Waals surface area contributed by atoms with E-state index in [4.69, 9.17) is 4.42 Å². The first-order chi connectivity index (χ1) is 24.8. The molecule has 8 aromatic carbocycles. The molecule has 2 nitrogen and oxygen atoms in total. The molecule has 0 aliphatic heterocycles. The van der Waals surface area contributed by atoms with Crippen LogP contribution in [0.5, 0.6) is 0 Å². The van der Waals surface area contributed by atoms with Gasteiger partial charge in [-0.05, 0) is 87.5 Å². The second-order valence-corrected chi connectivity index (χ2v) is 12.6. The Morgan fingerprint density at radius 3 is 1.46 bits per heavy atom. The van der Waals surface area contributed by atoms with Crippen molar-refractivity contribution in [2.45, 2.75) is 0 Å². The summed E-state index contributed by atoms with van der Waals surface area (Å²) in [6.45, 7) is 0. The van der Waals surface area contributed by atoms with Crippen LogP contribution in [0.3, 0.4) is 0 Å². The molecule has 2 heteroatoms. The molecule has 9 aromatic rings. The quantitative estimate of drug-likeness (QED) is 0.173. The minimum absolute atomic E-state index is 0.903. The Bertz CT molecular complexity index is 2570. The van der Waals surface area contributed by atoms with Crippen LogP contribution < -0.4 is 4.90 Å². The van der Waals surface area contributed by atoms with Crippen molar-refractivity contribution in [3.8, 4) is 44.5 Å². The summed E-state index contributed by atoms with van der Waals surface area (Å²) in [5.74, 6) is 0. The molecule has 0 aliphatic carbocycles. The lowest BCUT2D eigenvalue weighted by Crippen LogP contribution is -2.10. The molecule has 1 heterocycles. The van der Waals surface area contributed by atoms with Crippen LogP contribution >= 0.6 is 0 Å². The maximum absolute atomic E-state index is 6.44. The number of anilines is 3. The highest BCUT2D eigenvalue weighted by molar-refractivity contribution is 6.09. The molecular formula is C48H33NO. The minimum atomic E-state index is 0.903. The number of para-hydroxylation sites is 2. The predicted molar refractivity (Wildman–Crippen MR) is 210 cm³/mol. The molecule has 50 heavy (non-hydrogen) atoms. The number of fused-ring (bicyclic) bond motifs is 3. The number of furan rings is 1. The topological polar surface area (TPSA) is 16.4 Å². The summed E-state index contributed by atoms with van der Waals surface area (Å²) >= 11 is 0. The van der Waals surface area contributed by atoms with E-state index in [9.17, 15) is 0 Å². The summed E-state index contributed by atoms with van der Waals surface area (Å²) in [6.07, 6.45) is 0. The molecule has 0 atom stereocenters.